The molecule has 1 atom stereocenters. The molecule has 2 rings (SSSR count). The Morgan fingerprint density at radius 2 is 1.91 bits per heavy atom. The van der Waals surface area contributed by atoms with Crippen molar-refractivity contribution in [1.82, 2.24) is 10.3 Å². The number of aromatic nitrogens is 1. The second kappa shape index (κ2) is 7.27. The third kappa shape index (κ3) is 5.09. The third-order valence-corrected chi connectivity index (χ3v) is 3.54. The second-order valence-electron chi connectivity index (χ2n) is 6.66. The molecule has 0 unspecified atom stereocenters. The highest BCUT2D eigenvalue weighted by Gasteiger charge is 2.22. The molecule has 0 saturated heterocycles. The Morgan fingerprint density at radius 3 is 2.48 bits per heavy atom. The van der Waals surface area contributed by atoms with Crippen LogP contribution >= 0.6 is 0 Å². The van der Waals surface area contributed by atoms with Gasteiger partial charge in [0.2, 0.25) is 5.91 Å². The summed E-state index contributed by atoms with van der Waals surface area (Å²) in [6, 6.07) is 11.6. The molecule has 4 nitrogen and oxygen atoms in total. The zero-order valence-corrected chi connectivity index (χ0v) is 14.2. The van der Waals surface area contributed by atoms with Crippen LogP contribution in [0.2, 0.25) is 0 Å². The minimum atomic E-state index is -0.388. The molecule has 1 amide bonds. The smallest absolute Gasteiger partial charge is 0.225 e. The van der Waals surface area contributed by atoms with Crippen molar-refractivity contribution in [3.8, 4) is 5.75 Å². The van der Waals surface area contributed by atoms with Crippen molar-refractivity contribution in [3.63, 3.8) is 0 Å². The Hall–Kier alpha value is -2.36. The van der Waals surface area contributed by atoms with E-state index in [2.05, 4.69) is 10.3 Å². The first-order valence-electron chi connectivity index (χ1n) is 7.79. The van der Waals surface area contributed by atoms with Crippen molar-refractivity contribution >= 4 is 5.91 Å². The van der Waals surface area contributed by atoms with Crippen LogP contribution in [0.4, 0.5) is 0 Å². The van der Waals surface area contributed by atoms with E-state index in [4.69, 9.17) is 4.74 Å². The van der Waals surface area contributed by atoms with Crippen molar-refractivity contribution in [1.29, 1.82) is 0 Å². The van der Waals surface area contributed by atoms with Crippen LogP contribution in [0.3, 0.4) is 0 Å². The first-order chi connectivity index (χ1) is 10.9. The molecule has 1 aromatic carbocycles. The van der Waals surface area contributed by atoms with Crippen LogP contribution in [0.1, 0.15) is 44.9 Å². The summed E-state index contributed by atoms with van der Waals surface area (Å²) in [7, 11) is 0. The molecule has 2 aromatic rings. The first-order valence-corrected chi connectivity index (χ1v) is 7.79. The van der Waals surface area contributed by atoms with Crippen molar-refractivity contribution in [2.45, 2.75) is 40.3 Å². The predicted molar refractivity (Wildman–Crippen MR) is 91.0 cm³/mol. The van der Waals surface area contributed by atoms with Crippen molar-refractivity contribution in [3.05, 3.63) is 59.9 Å². The lowest BCUT2D eigenvalue weighted by Crippen LogP contribution is -2.36. The average Bonchev–Trinajstić information content (AvgIpc) is 2.53. The zero-order valence-electron chi connectivity index (χ0n) is 14.2. The molecule has 4 heteroatoms. The van der Waals surface area contributed by atoms with E-state index in [1.165, 1.54) is 0 Å². The number of amides is 1. The molecule has 0 spiro atoms. The molecular weight excluding hydrogens is 288 g/mol. The molecule has 0 aliphatic carbocycles. The van der Waals surface area contributed by atoms with Crippen molar-refractivity contribution < 1.29 is 9.53 Å². The number of nitrogens with zero attached hydrogens (tertiary/aromatic N) is 1. The normalized spacial score (nSPS) is 12.5. The van der Waals surface area contributed by atoms with E-state index in [0.29, 0.717) is 6.61 Å². The quantitative estimate of drug-likeness (QED) is 0.911. The van der Waals surface area contributed by atoms with Crippen molar-refractivity contribution in [2.24, 2.45) is 5.41 Å². The first kappa shape index (κ1) is 17.0. The van der Waals surface area contributed by atoms with E-state index in [1.54, 1.807) is 12.4 Å². The molecule has 0 aliphatic heterocycles. The highest BCUT2D eigenvalue weighted by atomic mass is 16.5. The number of rotatable bonds is 5. The van der Waals surface area contributed by atoms with Gasteiger partial charge in [-0.25, -0.2) is 0 Å². The summed E-state index contributed by atoms with van der Waals surface area (Å²) >= 11 is 0. The topological polar surface area (TPSA) is 51.2 Å². The molecule has 1 aromatic heterocycles. The number of pyridine rings is 1. The lowest BCUT2D eigenvalue weighted by atomic mass is 9.94. The second-order valence-corrected chi connectivity index (χ2v) is 6.66. The summed E-state index contributed by atoms with van der Waals surface area (Å²) in [5.41, 5.74) is 1.69. The van der Waals surface area contributed by atoms with Crippen LogP contribution in [0.25, 0.3) is 0 Å². The van der Waals surface area contributed by atoms with Crippen LogP contribution in [0.5, 0.6) is 5.75 Å². The Morgan fingerprint density at radius 1 is 1.22 bits per heavy atom. The fraction of sp³-hybridized carbons (Fsp3) is 0.368. The van der Waals surface area contributed by atoms with E-state index >= 15 is 0 Å². The fourth-order valence-electron chi connectivity index (χ4n) is 2.00. The highest BCUT2D eigenvalue weighted by molar-refractivity contribution is 5.81. The van der Waals surface area contributed by atoms with Gasteiger partial charge in [0, 0.05) is 23.4 Å². The predicted octanol–water partition coefficient (Wildman–Crippen LogP) is 3.88. The summed E-state index contributed by atoms with van der Waals surface area (Å²) in [6.07, 6.45) is 3.53. The van der Waals surface area contributed by atoms with Gasteiger partial charge in [0.05, 0.1) is 6.04 Å². The maximum Gasteiger partial charge on any atom is 0.225 e. The van der Waals surface area contributed by atoms with Gasteiger partial charge >= 0.3 is 0 Å². The number of carbonyl (C=O) groups is 1. The molecule has 122 valence electrons. The summed E-state index contributed by atoms with van der Waals surface area (Å²) in [6.45, 7) is 8.19. The molecule has 0 aliphatic rings. The monoisotopic (exact) mass is 312 g/mol. The number of hydrogen-bond acceptors (Lipinski definition) is 3. The van der Waals surface area contributed by atoms with Gasteiger partial charge in [0.25, 0.3) is 0 Å². The van der Waals surface area contributed by atoms with Crippen molar-refractivity contribution in [2.75, 3.05) is 0 Å². The zero-order chi connectivity index (χ0) is 16.9. The number of hydrogen-bond donors (Lipinski definition) is 1. The fourth-order valence-corrected chi connectivity index (χ4v) is 2.00. The summed E-state index contributed by atoms with van der Waals surface area (Å²) in [4.78, 5) is 16.1. The van der Waals surface area contributed by atoms with Crippen LogP contribution in [-0.4, -0.2) is 10.9 Å². The Balaban J connectivity index is 1.92. The van der Waals surface area contributed by atoms with Crippen LogP contribution in [-0.2, 0) is 11.4 Å². The van der Waals surface area contributed by atoms with Crippen LogP contribution < -0.4 is 10.1 Å². The van der Waals surface area contributed by atoms with Gasteiger partial charge in [-0.15, -0.1) is 0 Å². The minimum absolute atomic E-state index is 0.0332. The van der Waals surface area contributed by atoms with Gasteiger partial charge in [-0.3, -0.25) is 9.78 Å². The summed E-state index contributed by atoms with van der Waals surface area (Å²) in [5.74, 6) is 0.842. The van der Waals surface area contributed by atoms with Crippen LogP contribution in [0.15, 0.2) is 48.8 Å². The van der Waals surface area contributed by atoms with Gasteiger partial charge in [-0.1, -0.05) is 39.0 Å². The number of benzene rings is 1. The molecule has 23 heavy (non-hydrogen) atoms. The summed E-state index contributed by atoms with van der Waals surface area (Å²) < 4.78 is 5.73. The van der Waals surface area contributed by atoms with Gasteiger partial charge in [0.1, 0.15) is 12.4 Å². The largest absolute Gasteiger partial charge is 0.489 e. The van der Waals surface area contributed by atoms with E-state index in [9.17, 15) is 4.79 Å². The van der Waals surface area contributed by atoms with Gasteiger partial charge < -0.3 is 10.1 Å². The highest BCUT2D eigenvalue weighted by Crippen LogP contribution is 2.20. The lowest BCUT2D eigenvalue weighted by Gasteiger charge is -2.22. The van der Waals surface area contributed by atoms with E-state index in [1.807, 2.05) is 64.1 Å². The maximum absolute atomic E-state index is 12.0. The Kier molecular flexibility index (Phi) is 5.37. The van der Waals surface area contributed by atoms with E-state index < -0.39 is 0 Å². The lowest BCUT2D eigenvalue weighted by molar-refractivity contribution is -0.129. The number of nitrogens with one attached hydrogen (secondary N) is 1. The molecule has 1 N–H and O–H groups in total. The molecular formula is C19H24N2O2. The summed E-state index contributed by atoms with van der Waals surface area (Å²) in [5, 5.41) is 3.03. The van der Waals surface area contributed by atoms with Gasteiger partial charge in [-0.2, -0.15) is 0 Å². The van der Waals surface area contributed by atoms with Gasteiger partial charge in [0.15, 0.2) is 0 Å². The molecule has 1 heterocycles. The third-order valence-electron chi connectivity index (χ3n) is 3.54. The minimum Gasteiger partial charge on any atom is -0.489 e. The molecule has 0 bridgehead atoms. The number of carbonyl (C=O) groups excluding carboxylic acids is 1. The molecule has 0 saturated carbocycles. The Bertz CT molecular complexity index is 631. The molecule has 0 fully saturated rings. The maximum atomic E-state index is 12.0. The number of ether oxygens (including phenoxy) is 1. The average molecular weight is 312 g/mol. The Labute approximate surface area is 137 Å². The molecule has 0 radical (unpaired) electrons. The van der Waals surface area contributed by atoms with Crippen LogP contribution in [0, 0.1) is 5.41 Å². The SMILES string of the molecule is C[C@H](NC(=O)C(C)(C)C)c1ccc(OCc2cccnc2)cc1. The standard InChI is InChI=1S/C19H24N2O2/c1-14(21-18(22)19(2,3)4)16-7-9-17(10-8-16)23-13-15-6-5-11-20-12-15/h5-12,14H,13H2,1-4H3,(H,21,22)/t14-/m0/s1. The van der Waals surface area contributed by atoms with Gasteiger partial charge in [-0.05, 0) is 30.7 Å². The van der Waals surface area contributed by atoms with E-state index in [-0.39, 0.29) is 17.4 Å². The van der Waals surface area contributed by atoms with E-state index in [0.717, 1.165) is 16.9 Å².